The molecule has 126 valence electrons. The third kappa shape index (κ3) is 4.73. The van der Waals surface area contributed by atoms with Gasteiger partial charge in [-0.2, -0.15) is 0 Å². The van der Waals surface area contributed by atoms with Crippen LogP contribution in [0.3, 0.4) is 0 Å². The highest BCUT2D eigenvalue weighted by Gasteiger charge is 2.25. The van der Waals surface area contributed by atoms with Crippen LogP contribution in [0, 0.1) is 10.1 Å². The number of ether oxygens (including phenoxy) is 2. The van der Waals surface area contributed by atoms with Gasteiger partial charge in [0.05, 0.1) is 29.4 Å². The monoisotopic (exact) mass is 326 g/mol. The summed E-state index contributed by atoms with van der Waals surface area (Å²) in [5.74, 6) is -1.27. The van der Waals surface area contributed by atoms with Gasteiger partial charge in [0.1, 0.15) is 6.61 Å². The number of carbonyl (C=O) groups excluding carboxylic acids is 2. The molecule has 0 aliphatic rings. The van der Waals surface area contributed by atoms with Crippen molar-refractivity contribution in [3.05, 3.63) is 33.9 Å². The van der Waals surface area contributed by atoms with Crippen LogP contribution < -0.4 is 4.90 Å². The first-order chi connectivity index (χ1) is 11.0. The number of nitro benzene ring substituents is 1. The van der Waals surface area contributed by atoms with Gasteiger partial charge in [-0.05, 0) is 13.0 Å². The number of rotatable bonds is 8. The van der Waals surface area contributed by atoms with E-state index in [0.29, 0.717) is 0 Å². The summed E-state index contributed by atoms with van der Waals surface area (Å²) < 4.78 is 9.65. The Morgan fingerprint density at radius 1 is 1.39 bits per heavy atom. The Labute approximate surface area is 132 Å². The van der Waals surface area contributed by atoms with Crippen LogP contribution >= 0.6 is 0 Å². The maximum atomic E-state index is 12.1. The van der Waals surface area contributed by atoms with Crippen LogP contribution in [0.5, 0.6) is 0 Å². The van der Waals surface area contributed by atoms with Gasteiger partial charge in [0, 0.05) is 25.8 Å². The van der Waals surface area contributed by atoms with Crippen molar-refractivity contribution < 1.29 is 29.1 Å². The lowest BCUT2D eigenvalue weighted by atomic mass is 10.1. The number of non-ortho nitro benzene ring substituents is 1. The fourth-order valence-electron chi connectivity index (χ4n) is 1.92. The second-order valence-electron chi connectivity index (χ2n) is 4.38. The van der Waals surface area contributed by atoms with E-state index in [2.05, 4.69) is 0 Å². The predicted octanol–water partition coefficient (Wildman–Crippen LogP) is 0.743. The van der Waals surface area contributed by atoms with Crippen LogP contribution in [-0.4, -0.2) is 55.4 Å². The Morgan fingerprint density at radius 3 is 2.61 bits per heavy atom. The first-order valence-corrected chi connectivity index (χ1v) is 6.82. The zero-order valence-corrected chi connectivity index (χ0v) is 12.9. The summed E-state index contributed by atoms with van der Waals surface area (Å²) in [4.78, 5) is 35.5. The Hall–Kier alpha value is -2.52. The van der Waals surface area contributed by atoms with Crippen molar-refractivity contribution in [3.63, 3.8) is 0 Å². The van der Waals surface area contributed by atoms with Gasteiger partial charge in [0.25, 0.3) is 11.6 Å². The quantitative estimate of drug-likeness (QED) is 0.425. The van der Waals surface area contributed by atoms with E-state index in [-0.39, 0.29) is 43.3 Å². The number of anilines is 1. The van der Waals surface area contributed by atoms with Crippen molar-refractivity contribution in [1.29, 1.82) is 0 Å². The van der Waals surface area contributed by atoms with Crippen LogP contribution in [0.4, 0.5) is 11.4 Å². The van der Waals surface area contributed by atoms with Crippen molar-refractivity contribution in [2.45, 2.75) is 6.92 Å². The minimum atomic E-state index is -0.717. The molecule has 0 aliphatic carbocycles. The Bertz CT molecular complexity index is 588. The van der Waals surface area contributed by atoms with E-state index >= 15 is 0 Å². The topological polar surface area (TPSA) is 119 Å². The van der Waals surface area contributed by atoms with Crippen LogP contribution in [0.15, 0.2) is 18.2 Å². The fourth-order valence-corrected chi connectivity index (χ4v) is 1.92. The normalized spacial score (nSPS) is 10.2. The van der Waals surface area contributed by atoms with Crippen molar-refractivity contribution in [3.8, 4) is 0 Å². The summed E-state index contributed by atoms with van der Waals surface area (Å²) in [5, 5.41) is 20.1. The largest absolute Gasteiger partial charge is 0.462 e. The molecule has 1 aromatic rings. The van der Waals surface area contributed by atoms with Crippen LogP contribution in [0.25, 0.3) is 0 Å². The van der Waals surface area contributed by atoms with Crippen LogP contribution in [-0.2, 0) is 14.3 Å². The van der Waals surface area contributed by atoms with E-state index in [4.69, 9.17) is 14.6 Å². The van der Waals surface area contributed by atoms with Gasteiger partial charge in [-0.25, -0.2) is 4.79 Å². The molecule has 23 heavy (non-hydrogen) atoms. The number of aliphatic hydroxyl groups is 1. The second-order valence-corrected chi connectivity index (χ2v) is 4.38. The van der Waals surface area contributed by atoms with E-state index in [1.54, 1.807) is 6.92 Å². The standard InChI is InChI=1S/C14H18N2O7/c1-3-23-14(19)11-5-4-10(16(20)21)8-12(11)15(6-7-17)13(18)9-22-2/h4-5,8,17H,3,6-7,9H2,1-2H3. The molecule has 9 nitrogen and oxygen atoms in total. The summed E-state index contributed by atoms with van der Waals surface area (Å²) in [5.41, 5.74) is -0.301. The lowest BCUT2D eigenvalue weighted by molar-refractivity contribution is -0.384. The number of amides is 1. The average Bonchev–Trinajstić information content (AvgIpc) is 2.52. The SMILES string of the molecule is CCOC(=O)c1ccc([N+](=O)[O-])cc1N(CCO)C(=O)COC. The molecule has 9 heteroatoms. The number of aliphatic hydroxyl groups excluding tert-OH is 1. The molecule has 0 atom stereocenters. The highest BCUT2D eigenvalue weighted by atomic mass is 16.6. The summed E-state index contributed by atoms with van der Waals surface area (Å²) in [6.07, 6.45) is 0. The van der Waals surface area contributed by atoms with E-state index in [1.165, 1.54) is 13.2 Å². The zero-order chi connectivity index (χ0) is 17.4. The first-order valence-electron chi connectivity index (χ1n) is 6.82. The molecule has 0 fully saturated rings. The highest BCUT2D eigenvalue weighted by molar-refractivity contribution is 6.03. The number of nitrogens with zero attached hydrogens (tertiary/aromatic N) is 2. The van der Waals surface area contributed by atoms with Gasteiger partial charge in [0.2, 0.25) is 0 Å². The molecule has 1 N–H and O–H groups in total. The number of nitro groups is 1. The number of hydrogen-bond donors (Lipinski definition) is 1. The molecule has 0 bridgehead atoms. The minimum Gasteiger partial charge on any atom is -0.462 e. The number of methoxy groups -OCH3 is 1. The summed E-state index contributed by atoms with van der Waals surface area (Å²) in [6.45, 7) is 0.896. The zero-order valence-electron chi connectivity index (χ0n) is 12.9. The third-order valence-electron chi connectivity index (χ3n) is 2.87. The molecule has 0 radical (unpaired) electrons. The second kappa shape index (κ2) is 8.81. The molecule has 1 aromatic carbocycles. The Morgan fingerprint density at radius 2 is 2.09 bits per heavy atom. The molecule has 0 aromatic heterocycles. The number of esters is 1. The van der Waals surface area contributed by atoms with Gasteiger partial charge in [-0.15, -0.1) is 0 Å². The molecule has 0 saturated heterocycles. The Kier molecular flexibility index (Phi) is 7.10. The minimum absolute atomic E-state index is 0.00430. The summed E-state index contributed by atoms with van der Waals surface area (Å²) in [6, 6.07) is 3.46. The van der Waals surface area contributed by atoms with E-state index < -0.39 is 16.8 Å². The Balaban J connectivity index is 3.40. The summed E-state index contributed by atoms with van der Waals surface area (Å²) >= 11 is 0. The van der Waals surface area contributed by atoms with Crippen molar-refractivity contribution in [2.75, 3.05) is 38.4 Å². The third-order valence-corrected chi connectivity index (χ3v) is 2.87. The maximum Gasteiger partial charge on any atom is 0.340 e. The van der Waals surface area contributed by atoms with Gasteiger partial charge >= 0.3 is 5.97 Å². The van der Waals surface area contributed by atoms with E-state index in [0.717, 1.165) is 17.0 Å². The molecule has 0 spiro atoms. The predicted molar refractivity (Wildman–Crippen MR) is 80.4 cm³/mol. The molecular formula is C14H18N2O7. The highest BCUT2D eigenvalue weighted by Crippen LogP contribution is 2.27. The van der Waals surface area contributed by atoms with Gasteiger partial charge in [-0.3, -0.25) is 14.9 Å². The molecular weight excluding hydrogens is 308 g/mol. The van der Waals surface area contributed by atoms with Gasteiger partial charge in [0.15, 0.2) is 0 Å². The first kappa shape index (κ1) is 18.5. The van der Waals surface area contributed by atoms with Crippen LogP contribution in [0.2, 0.25) is 0 Å². The average molecular weight is 326 g/mol. The van der Waals surface area contributed by atoms with Crippen molar-refractivity contribution >= 4 is 23.3 Å². The summed E-state index contributed by atoms with van der Waals surface area (Å²) in [7, 11) is 1.31. The van der Waals surface area contributed by atoms with E-state index in [9.17, 15) is 19.7 Å². The molecule has 1 amide bonds. The number of carbonyl (C=O) groups is 2. The van der Waals surface area contributed by atoms with Crippen LogP contribution in [0.1, 0.15) is 17.3 Å². The van der Waals surface area contributed by atoms with Crippen molar-refractivity contribution in [1.82, 2.24) is 0 Å². The number of hydrogen-bond acceptors (Lipinski definition) is 7. The van der Waals surface area contributed by atoms with E-state index in [1.807, 2.05) is 0 Å². The molecule has 0 unspecified atom stereocenters. The van der Waals surface area contributed by atoms with Gasteiger partial charge < -0.3 is 19.5 Å². The molecule has 0 heterocycles. The van der Waals surface area contributed by atoms with Crippen molar-refractivity contribution in [2.24, 2.45) is 0 Å². The molecule has 1 rings (SSSR count). The number of benzene rings is 1. The molecule has 0 aliphatic heterocycles. The van der Waals surface area contributed by atoms with Gasteiger partial charge in [-0.1, -0.05) is 0 Å². The molecule has 0 saturated carbocycles. The lowest BCUT2D eigenvalue weighted by Gasteiger charge is -2.23. The lowest BCUT2D eigenvalue weighted by Crippen LogP contribution is -2.37. The fraction of sp³-hybridized carbons (Fsp3) is 0.429. The maximum absolute atomic E-state index is 12.1. The smallest absolute Gasteiger partial charge is 0.340 e.